The summed E-state index contributed by atoms with van der Waals surface area (Å²) in [7, 11) is 1.96. The highest BCUT2D eigenvalue weighted by Gasteiger charge is 2.03. The summed E-state index contributed by atoms with van der Waals surface area (Å²) in [6.45, 7) is 3.93. The largest absolute Gasteiger partial charge is 0.493 e. The quantitative estimate of drug-likeness (QED) is 0.486. The van der Waals surface area contributed by atoms with Gasteiger partial charge in [-0.2, -0.15) is 0 Å². The van der Waals surface area contributed by atoms with Gasteiger partial charge in [0.2, 0.25) is 0 Å². The third-order valence-electron chi connectivity index (χ3n) is 3.65. The zero-order valence-electron chi connectivity index (χ0n) is 13.6. The molecule has 1 N–H and O–H groups in total. The average Bonchev–Trinajstić information content (AvgIpc) is 2.48. The first-order valence-electron chi connectivity index (χ1n) is 8.33. The highest BCUT2D eigenvalue weighted by molar-refractivity contribution is 9.10. The van der Waals surface area contributed by atoms with Gasteiger partial charge in [0, 0.05) is 16.6 Å². The van der Waals surface area contributed by atoms with E-state index in [1.807, 2.05) is 13.1 Å². The zero-order chi connectivity index (χ0) is 15.3. The van der Waals surface area contributed by atoms with Crippen molar-refractivity contribution in [3.05, 3.63) is 28.2 Å². The zero-order valence-corrected chi connectivity index (χ0v) is 15.2. The van der Waals surface area contributed by atoms with Crippen molar-refractivity contribution in [1.82, 2.24) is 5.32 Å². The van der Waals surface area contributed by atoms with Gasteiger partial charge in [0.25, 0.3) is 0 Å². The number of benzene rings is 1. The van der Waals surface area contributed by atoms with Gasteiger partial charge in [-0.05, 0) is 31.7 Å². The molecule has 0 saturated carbocycles. The molecular weight excluding hydrogens is 326 g/mol. The smallest absolute Gasteiger partial charge is 0.123 e. The Kier molecular flexibility index (Phi) is 10.6. The van der Waals surface area contributed by atoms with Crippen molar-refractivity contribution in [3.63, 3.8) is 0 Å². The normalized spacial score (nSPS) is 10.8. The minimum Gasteiger partial charge on any atom is -0.493 e. The van der Waals surface area contributed by atoms with Gasteiger partial charge in [0.1, 0.15) is 5.75 Å². The fraction of sp³-hybridized carbons (Fsp3) is 0.667. The Morgan fingerprint density at radius 1 is 1.00 bits per heavy atom. The molecule has 21 heavy (non-hydrogen) atoms. The van der Waals surface area contributed by atoms with Crippen LogP contribution in [0.15, 0.2) is 22.7 Å². The van der Waals surface area contributed by atoms with Crippen molar-refractivity contribution < 1.29 is 4.74 Å². The molecule has 2 nitrogen and oxygen atoms in total. The molecule has 1 rings (SSSR count). The first-order chi connectivity index (χ1) is 10.3. The molecule has 0 spiro atoms. The molecule has 0 bridgehead atoms. The fourth-order valence-corrected chi connectivity index (χ4v) is 2.84. The number of rotatable bonds is 12. The van der Waals surface area contributed by atoms with E-state index in [0.29, 0.717) is 0 Å². The molecule has 0 amide bonds. The Labute approximate surface area is 138 Å². The molecule has 120 valence electrons. The molecule has 0 aliphatic rings. The molecule has 0 aliphatic carbocycles. The number of hydrogen-bond donors (Lipinski definition) is 1. The SMILES string of the molecule is CCCCCCCCCCOc1ccc(Br)cc1CNC. The molecule has 0 unspecified atom stereocenters. The van der Waals surface area contributed by atoms with Crippen molar-refractivity contribution in [2.75, 3.05) is 13.7 Å². The van der Waals surface area contributed by atoms with Crippen molar-refractivity contribution in [1.29, 1.82) is 0 Å². The summed E-state index contributed by atoms with van der Waals surface area (Å²) in [6.07, 6.45) is 10.7. The van der Waals surface area contributed by atoms with Crippen LogP contribution in [-0.4, -0.2) is 13.7 Å². The average molecular weight is 356 g/mol. The molecule has 0 heterocycles. The summed E-state index contributed by atoms with van der Waals surface area (Å²) in [6, 6.07) is 6.23. The Hall–Kier alpha value is -0.540. The van der Waals surface area contributed by atoms with E-state index < -0.39 is 0 Å². The van der Waals surface area contributed by atoms with Crippen LogP contribution in [0.25, 0.3) is 0 Å². The van der Waals surface area contributed by atoms with Gasteiger partial charge in [-0.1, -0.05) is 67.8 Å². The van der Waals surface area contributed by atoms with E-state index in [1.54, 1.807) is 0 Å². The summed E-state index contributed by atoms with van der Waals surface area (Å²) in [5.41, 5.74) is 1.21. The van der Waals surface area contributed by atoms with Gasteiger partial charge >= 0.3 is 0 Å². The second kappa shape index (κ2) is 12.0. The number of unbranched alkanes of at least 4 members (excludes halogenated alkanes) is 7. The van der Waals surface area contributed by atoms with E-state index in [9.17, 15) is 0 Å². The van der Waals surface area contributed by atoms with Gasteiger partial charge in [0.15, 0.2) is 0 Å². The summed E-state index contributed by atoms with van der Waals surface area (Å²) in [5.74, 6) is 1.01. The monoisotopic (exact) mass is 355 g/mol. The van der Waals surface area contributed by atoms with Crippen LogP contribution in [0.4, 0.5) is 0 Å². The second-order valence-electron chi connectivity index (χ2n) is 5.61. The molecule has 0 aliphatic heterocycles. The highest BCUT2D eigenvalue weighted by Crippen LogP contribution is 2.23. The van der Waals surface area contributed by atoms with Crippen LogP contribution in [-0.2, 0) is 6.54 Å². The third kappa shape index (κ3) is 8.47. The van der Waals surface area contributed by atoms with E-state index >= 15 is 0 Å². The van der Waals surface area contributed by atoms with E-state index in [1.165, 1.54) is 50.5 Å². The second-order valence-corrected chi connectivity index (χ2v) is 6.52. The van der Waals surface area contributed by atoms with Crippen LogP contribution in [0.3, 0.4) is 0 Å². The Bertz CT molecular complexity index is 381. The Morgan fingerprint density at radius 3 is 2.33 bits per heavy atom. The summed E-state index contributed by atoms with van der Waals surface area (Å²) in [4.78, 5) is 0. The molecule has 0 saturated heterocycles. The number of halogens is 1. The van der Waals surface area contributed by atoms with Crippen molar-refractivity contribution in [2.45, 2.75) is 64.8 Å². The van der Waals surface area contributed by atoms with Gasteiger partial charge < -0.3 is 10.1 Å². The van der Waals surface area contributed by atoms with Crippen LogP contribution in [0.2, 0.25) is 0 Å². The number of nitrogens with one attached hydrogen (secondary N) is 1. The van der Waals surface area contributed by atoms with Crippen molar-refractivity contribution >= 4 is 15.9 Å². The number of hydrogen-bond acceptors (Lipinski definition) is 2. The molecular formula is C18H30BrNO. The Morgan fingerprint density at radius 2 is 1.67 bits per heavy atom. The third-order valence-corrected chi connectivity index (χ3v) is 4.14. The summed E-state index contributed by atoms with van der Waals surface area (Å²) >= 11 is 3.51. The van der Waals surface area contributed by atoms with Gasteiger partial charge in [-0.25, -0.2) is 0 Å². The molecule has 1 aromatic rings. The highest BCUT2D eigenvalue weighted by atomic mass is 79.9. The summed E-state index contributed by atoms with van der Waals surface area (Å²) in [5, 5.41) is 3.19. The topological polar surface area (TPSA) is 21.3 Å². The molecule has 1 aromatic carbocycles. The molecule has 0 fully saturated rings. The van der Waals surface area contributed by atoms with Crippen LogP contribution in [0, 0.1) is 0 Å². The fourth-order valence-electron chi connectivity index (χ4n) is 2.44. The van der Waals surface area contributed by atoms with Crippen LogP contribution >= 0.6 is 15.9 Å². The lowest BCUT2D eigenvalue weighted by molar-refractivity contribution is 0.301. The maximum Gasteiger partial charge on any atom is 0.123 e. The first-order valence-corrected chi connectivity index (χ1v) is 9.13. The minimum absolute atomic E-state index is 0.827. The molecule has 0 atom stereocenters. The lowest BCUT2D eigenvalue weighted by atomic mass is 10.1. The van der Waals surface area contributed by atoms with Crippen LogP contribution in [0.5, 0.6) is 5.75 Å². The minimum atomic E-state index is 0.827. The van der Waals surface area contributed by atoms with Crippen LogP contribution < -0.4 is 10.1 Å². The van der Waals surface area contributed by atoms with Gasteiger partial charge in [0.05, 0.1) is 6.61 Å². The van der Waals surface area contributed by atoms with E-state index in [2.05, 4.69) is 40.3 Å². The van der Waals surface area contributed by atoms with E-state index in [4.69, 9.17) is 4.74 Å². The van der Waals surface area contributed by atoms with Gasteiger partial charge in [-0.15, -0.1) is 0 Å². The van der Waals surface area contributed by atoms with E-state index in [-0.39, 0.29) is 0 Å². The maximum atomic E-state index is 5.93. The maximum absolute atomic E-state index is 5.93. The van der Waals surface area contributed by atoms with Crippen LogP contribution in [0.1, 0.15) is 63.9 Å². The van der Waals surface area contributed by atoms with Crippen molar-refractivity contribution in [2.24, 2.45) is 0 Å². The lowest BCUT2D eigenvalue weighted by Crippen LogP contribution is -2.08. The lowest BCUT2D eigenvalue weighted by Gasteiger charge is -2.12. The van der Waals surface area contributed by atoms with Gasteiger partial charge in [-0.3, -0.25) is 0 Å². The first kappa shape index (κ1) is 18.5. The molecule has 3 heteroatoms. The predicted octanol–water partition coefficient (Wildman–Crippen LogP) is 5.69. The van der Waals surface area contributed by atoms with Crippen molar-refractivity contribution in [3.8, 4) is 5.75 Å². The molecule has 0 radical (unpaired) electrons. The molecule has 0 aromatic heterocycles. The standard InChI is InChI=1S/C18H30BrNO/c1-3-4-5-6-7-8-9-10-13-21-18-12-11-17(19)14-16(18)15-20-2/h11-12,14,20H,3-10,13,15H2,1-2H3. The van der Waals surface area contributed by atoms with E-state index in [0.717, 1.165) is 29.8 Å². The summed E-state index contributed by atoms with van der Waals surface area (Å²) < 4.78 is 7.03. The Balaban J connectivity index is 2.15. The predicted molar refractivity (Wildman–Crippen MR) is 95.0 cm³/mol. The number of ether oxygens (including phenoxy) is 1.